The molecule has 0 aliphatic carbocycles. The number of piperazine rings is 1. The standard InChI is InChI=1S/C16H25N3O/c1-11-5-6-12(2)15(7-11)18-16(20)10-19-8-13(3)17-14(4)9-19/h5-7,13-14,17H,8-10H2,1-4H3,(H,18,20). The Morgan fingerprint density at radius 3 is 2.60 bits per heavy atom. The molecule has 4 nitrogen and oxygen atoms in total. The quantitative estimate of drug-likeness (QED) is 0.886. The van der Waals surface area contributed by atoms with E-state index in [1.165, 1.54) is 0 Å². The van der Waals surface area contributed by atoms with Crippen molar-refractivity contribution in [2.45, 2.75) is 39.8 Å². The van der Waals surface area contributed by atoms with Gasteiger partial charge in [0.05, 0.1) is 6.54 Å². The zero-order valence-corrected chi connectivity index (χ0v) is 12.9. The van der Waals surface area contributed by atoms with E-state index in [-0.39, 0.29) is 5.91 Å². The molecule has 2 N–H and O–H groups in total. The summed E-state index contributed by atoms with van der Waals surface area (Å²) in [6.45, 7) is 10.7. The van der Waals surface area contributed by atoms with E-state index in [0.29, 0.717) is 18.6 Å². The topological polar surface area (TPSA) is 44.4 Å². The summed E-state index contributed by atoms with van der Waals surface area (Å²) in [5.74, 6) is 0.0694. The van der Waals surface area contributed by atoms with Gasteiger partial charge >= 0.3 is 0 Å². The molecule has 20 heavy (non-hydrogen) atoms. The predicted molar refractivity (Wildman–Crippen MR) is 83.0 cm³/mol. The molecule has 1 saturated heterocycles. The fraction of sp³-hybridized carbons (Fsp3) is 0.562. The van der Waals surface area contributed by atoms with Crippen LogP contribution in [0.5, 0.6) is 0 Å². The summed E-state index contributed by atoms with van der Waals surface area (Å²) < 4.78 is 0. The zero-order chi connectivity index (χ0) is 14.7. The number of benzene rings is 1. The molecule has 1 aromatic rings. The van der Waals surface area contributed by atoms with Crippen molar-refractivity contribution < 1.29 is 4.79 Å². The van der Waals surface area contributed by atoms with Gasteiger partial charge in [-0.3, -0.25) is 9.69 Å². The average molecular weight is 275 g/mol. The molecule has 0 bridgehead atoms. The molecule has 0 radical (unpaired) electrons. The van der Waals surface area contributed by atoms with Crippen LogP contribution in [0.25, 0.3) is 0 Å². The van der Waals surface area contributed by atoms with Gasteiger partial charge in [-0.15, -0.1) is 0 Å². The van der Waals surface area contributed by atoms with Crippen molar-refractivity contribution in [3.63, 3.8) is 0 Å². The maximum Gasteiger partial charge on any atom is 0.238 e. The van der Waals surface area contributed by atoms with E-state index < -0.39 is 0 Å². The van der Waals surface area contributed by atoms with E-state index in [4.69, 9.17) is 0 Å². The molecule has 2 rings (SSSR count). The SMILES string of the molecule is Cc1ccc(C)c(NC(=O)CN2CC(C)NC(C)C2)c1. The van der Waals surface area contributed by atoms with Gasteiger partial charge in [0.25, 0.3) is 0 Å². The van der Waals surface area contributed by atoms with Crippen LogP contribution in [0.2, 0.25) is 0 Å². The summed E-state index contributed by atoms with van der Waals surface area (Å²) in [6.07, 6.45) is 0. The van der Waals surface area contributed by atoms with Crippen LogP contribution in [0.4, 0.5) is 5.69 Å². The number of hydrogen-bond donors (Lipinski definition) is 2. The summed E-state index contributed by atoms with van der Waals surface area (Å²) in [5, 5.41) is 6.50. The van der Waals surface area contributed by atoms with Crippen LogP contribution in [-0.2, 0) is 4.79 Å². The summed E-state index contributed by atoms with van der Waals surface area (Å²) in [4.78, 5) is 14.4. The van der Waals surface area contributed by atoms with Gasteiger partial charge in [0.15, 0.2) is 0 Å². The molecule has 0 spiro atoms. The van der Waals surface area contributed by atoms with Crippen molar-refractivity contribution in [2.24, 2.45) is 0 Å². The molecule has 4 heteroatoms. The second-order valence-electron chi connectivity index (χ2n) is 6.03. The van der Waals surface area contributed by atoms with E-state index in [1.807, 2.05) is 26.0 Å². The van der Waals surface area contributed by atoms with Crippen LogP contribution >= 0.6 is 0 Å². The lowest BCUT2D eigenvalue weighted by molar-refractivity contribution is -0.117. The first-order chi connectivity index (χ1) is 9.44. The first-order valence-electron chi connectivity index (χ1n) is 7.29. The van der Waals surface area contributed by atoms with Crippen molar-refractivity contribution in [1.82, 2.24) is 10.2 Å². The summed E-state index contributed by atoms with van der Waals surface area (Å²) >= 11 is 0. The smallest absolute Gasteiger partial charge is 0.238 e. The lowest BCUT2D eigenvalue weighted by atomic mass is 10.1. The van der Waals surface area contributed by atoms with Crippen LogP contribution in [0, 0.1) is 13.8 Å². The number of rotatable bonds is 3. The third kappa shape index (κ3) is 4.05. The third-order valence-electron chi connectivity index (χ3n) is 3.67. The molecule has 2 unspecified atom stereocenters. The molecule has 2 atom stereocenters. The summed E-state index contributed by atoms with van der Waals surface area (Å²) in [5.41, 5.74) is 3.19. The number of anilines is 1. The Balaban J connectivity index is 1.93. The highest BCUT2D eigenvalue weighted by Crippen LogP contribution is 2.16. The third-order valence-corrected chi connectivity index (χ3v) is 3.67. The van der Waals surface area contributed by atoms with Crippen LogP contribution in [0.15, 0.2) is 18.2 Å². The largest absolute Gasteiger partial charge is 0.325 e. The van der Waals surface area contributed by atoms with E-state index >= 15 is 0 Å². The van der Waals surface area contributed by atoms with Crippen molar-refractivity contribution in [2.75, 3.05) is 25.0 Å². The van der Waals surface area contributed by atoms with Gasteiger partial charge in [-0.2, -0.15) is 0 Å². The Kier molecular flexibility index (Phi) is 4.78. The number of carbonyl (C=O) groups is 1. The number of hydrogen-bond acceptors (Lipinski definition) is 3. The van der Waals surface area contributed by atoms with Crippen LogP contribution in [-0.4, -0.2) is 42.5 Å². The van der Waals surface area contributed by atoms with Gasteiger partial charge in [-0.25, -0.2) is 0 Å². The number of amides is 1. The van der Waals surface area contributed by atoms with Gasteiger partial charge in [0.2, 0.25) is 5.91 Å². The van der Waals surface area contributed by atoms with Crippen LogP contribution < -0.4 is 10.6 Å². The van der Waals surface area contributed by atoms with Crippen LogP contribution in [0.3, 0.4) is 0 Å². The maximum atomic E-state index is 12.2. The Labute approximate surface area is 121 Å². The Bertz CT molecular complexity index is 477. The molecule has 1 aliphatic heterocycles. The van der Waals surface area contributed by atoms with Gasteiger partial charge in [-0.1, -0.05) is 12.1 Å². The molecule has 110 valence electrons. The maximum absolute atomic E-state index is 12.2. The Morgan fingerprint density at radius 2 is 1.95 bits per heavy atom. The predicted octanol–water partition coefficient (Wildman–Crippen LogP) is 1.92. The van der Waals surface area contributed by atoms with Gasteiger partial charge < -0.3 is 10.6 Å². The van der Waals surface area contributed by atoms with E-state index in [2.05, 4.69) is 35.4 Å². The van der Waals surface area contributed by atoms with E-state index in [0.717, 1.165) is 29.9 Å². The molecule has 0 aromatic heterocycles. The number of nitrogens with one attached hydrogen (secondary N) is 2. The highest BCUT2D eigenvalue weighted by molar-refractivity contribution is 5.93. The molecule has 0 saturated carbocycles. The Hall–Kier alpha value is -1.39. The monoisotopic (exact) mass is 275 g/mol. The van der Waals surface area contributed by atoms with Gasteiger partial charge in [-0.05, 0) is 44.9 Å². The molecule has 1 aromatic carbocycles. The number of carbonyl (C=O) groups excluding carboxylic acids is 1. The highest BCUT2D eigenvalue weighted by Gasteiger charge is 2.22. The molecule has 1 aliphatic rings. The van der Waals surface area contributed by atoms with Gasteiger partial charge in [0, 0.05) is 30.9 Å². The molecule has 1 amide bonds. The second kappa shape index (κ2) is 6.37. The summed E-state index contributed by atoms with van der Waals surface area (Å²) in [6, 6.07) is 7.00. The first kappa shape index (κ1) is 15.0. The normalized spacial score (nSPS) is 23.6. The number of aryl methyl sites for hydroxylation is 2. The minimum atomic E-state index is 0.0694. The van der Waals surface area contributed by atoms with Crippen LogP contribution in [0.1, 0.15) is 25.0 Å². The van der Waals surface area contributed by atoms with Crippen molar-refractivity contribution in [3.8, 4) is 0 Å². The van der Waals surface area contributed by atoms with Crippen molar-refractivity contribution in [1.29, 1.82) is 0 Å². The molecular formula is C16H25N3O. The first-order valence-corrected chi connectivity index (χ1v) is 7.29. The highest BCUT2D eigenvalue weighted by atomic mass is 16.2. The Morgan fingerprint density at radius 1 is 1.30 bits per heavy atom. The average Bonchev–Trinajstić information content (AvgIpc) is 2.32. The zero-order valence-electron chi connectivity index (χ0n) is 12.9. The van der Waals surface area contributed by atoms with E-state index in [9.17, 15) is 4.79 Å². The minimum Gasteiger partial charge on any atom is -0.325 e. The van der Waals surface area contributed by atoms with Crippen molar-refractivity contribution >= 4 is 11.6 Å². The lowest BCUT2D eigenvalue weighted by Gasteiger charge is -2.35. The fourth-order valence-electron chi connectivity index (χ4n) is 2.83. The molecular weight excluding hydrogens is 250 g/mol. The minimum absolute atomic E-state index is 0.0694. The fourth-order valence-corrected chi connectivity index (χ4v) is 2.83. The summed E-state index contributed by atoms with van der Waals surface area (Å²) in [7, 11) is 0. The van der Waals surface area contributed by atoms with Gasteiger partial charge in [0.1, 0.15) is 0 Å². The molecule has 1 fully saturated rings. The van der Waals surface area contributed by atoms with E-state index in [1.54, 1.807) is 0 Å². The lowest BCUT2D eigenvalue weighted by Crippen LogP contribution is -2.55. The second-order valence-corrected chi connectivity index (χ2v) is 6.03. The van der Waals surface area contributed by atoms with Crippen molar-refractivity contribution in [3.05, 3.63) is 29.3 Å². The molecule has 1 heterocycles. The number of nitrogens with zero attached hydrogens (tertiary/aromatic N) is 1.